The molecule has 0 radical (unpaired) electrons. The summed E-state index contributed by atoms with van der Waals surface area (Å²) < 4.78 is 26.4. The van der Waals surface area contributed by atoms with E-state index in [4.69, 9.17) is 19.3 Å². The first-order valence-corrected chi connectivity index (χ1v) is 22.5. The average molecular weight is 753 g/mol. The quantitative estimate of drug-likeness (QED) is 0.0277. The Hall–Kier alpha value is -1.99. The molecule has 0 aliphatic heterocycles. The Balaban J connectivity index is 3.93. The summed E-state index contributed by atoms with van der Waals surface area (Å²) in [6.45, 7) is 3.56. The van der Waals surface area contributed by atoms with Gasteiger partial charge in [0.05, 0.1) is 6.61 Å². The number of rotatable bonds is 38. The lowest BCUT2D eigenvalue weighted by atomic mass is 10.1. The van der Waals surface area contributed by atoms with E-state index in [1.54, 1.807) is 0 Å². The molecule has 0 saturated carbocycles. The van der Waals surface area contributed by atoms with Gasteiger partial charge in [-0.05, 0) is 70.6 Å². The largest absolute Gasteiger partial charge is 0.469 e. The van der Waals surface area contributed by atoms with E-state index in [9.17, 15) is 14.2 Å². The maximum atomic E-state index is 12.4. The fourth-order valence-electron chi connectivity index (χ4n) is 5.73. The average Bonchev–Trinajstić information content (AvgIpc) is 3.11. The molecule has 0 aromatic heterocycles. The molecule has 0 bridgehead atoms. The molecular formula is C43H77O8P. The van der Waals surface area contributed by atoms with Crippen molar-refractivity contribution in [3.05, 3.63) is 48.6 Å². The molecule has 2 N–H and O–H groups in total. The maximum Gasteiger partial charge on any atom is 0.469 e. The van der Waals surface area contributed by atoms with Crippen LogP contribution in [-0.2, 0) is 28.2 Å². The molecule has 0 fully saturated rings. The Bertz CT molecular complexity index is 984. The number of phosphoric acid groups is 1. The Morgan fingerprint density at radius 1 is 0.519 bits per heavy atom. The molecule has 52 heavy (non-hydrogen) atoms. The number of hydrogen-bond acceptors (Lipinski definition) is 6. The third-order valence-corrected chi connectivity index (χ3v) is 9.32. The van der Waals surface area contributed by atoms with Gasteiger partial charge in [-0.1, -0.05) is 159 Å². The van der Waals surface area contributed by atoms with Crippen molar-refractivity contribution in [1.82, 2.24) is 0 Å². The number of unbranched alkanes of at least 4 members (excludes halogenated alkanes) is 20. The van der Waals surface area contributed by atoms with Gasteiger partial charge in [-0.3, -0.25) is 14.1 Å². The molecule has 9 heteroatoms. The Morgan fingerprint density at radius 2 is 0.923 bits per heavy atom. The Morgan fingerprint density at radius 3 is 1.40 bits per heavy atom. The fraction of sp³-hybridized carbons (Fsp3) is 0.767. The lowest BCUT2D eigenvalue weighted by Gasteiger charge is -2.18. The van der Waals surface area contributed by atoms with Crippen LogP contribution in [0.15, 0.2) is 48.6 Å². The van der Waals surface area contributed by atoms with Crippen LogP contribution in [0.1, 0.15) is 194 Å². The molecule has 1 atom stereocenters. The Kier molecular flexibility index (Phi) is 37.2. The summed E-state index contributed by atoms with van der Waals surface area (Å²) in [5.74, 6) is -0.906. The second-order valence-corrected chi connectivity index (χ2v) is 15.2. The van der Waals surface area contributed by atoms with Gasteiger partial charge in [-0.2, -0.15) is 0 Å². The van der Waals surface area contributed by atoms with E-state index in [0.717, 1.165) is 70.6 Å². The number of carbonyl (C=O) groups excluding carboxylic acids is 2. The smallest absolute Gasteiger partial charge is 0.462 e. The highest BCUT2D eigenvalue weighted by atomic mass is 31.2. The van der Waals surface area contributed by atoms with Gasteiger partial charge in [0.2, 0.25) is 0 Å². The minimum absolute atomic E-state index is 0.205. The molecule has 0 aliphatic carbocycles. The van der Waals surface area contributed by atoms with Gasteiger partial charge >= 0.3 is 19.8 Å². The van der Waals surface area contributed by atoms with Crippen LogP contribution in [0.2, 0.25) is 0 Å². The van der Waals surface area contributed by atoms with Crippen LogP contribution >= 0.6 is 7.82 Å². The zero-order chi connectivity index (χ0) is 38.2. The van der Waals surface area contributed by atoms with Crippen molar-refractivity contribution >= 4 is 19.8 Å². The summed E-state index contributed by atoms with van der Waals surface area (Å²) >= 11 is 0. The Labute approximate surface area is 318 Å². The van der Waals surface area contributed by atoms with Gasteiger partial charge in [-0.15, -0.1) is 0 Å². The van der Waals surface area contributed by atoms with E-state index < -0.39 is 32.5 Å². The van der Waals surface area contributed by atoms with Crippen LogP contribution in [0, 0.1) is 0 Å². The van der Waals surface area contributed by atoms with Gasteiger partial charge < -0.3 is 19.3 Å². The summed E-state index contributed by atoms with van der Waals surface area (Å²) in [7, 11) is -4.76. The third kappa shape index (κ3) is 40.8. The molecule has 302 valence electrons. The summed E-state index contributed by atoms with van der Waals surface area (Å²) in [6, 6.07) is 0. The van der Waals surface area contributed by atoms with Crippen molar-refractivity contribution in [2.24, 2.45) is 0 Å². The number of ether oxygens (including phenoxy) is 2. The molecule has 0 aliphatic rings. The molecule has 0 aromatic rings. The predicted octanol–water partition coefficient (Wildman–Crippen LogP) is 12.7. The van der Waals surface area contributed by atoms with Crippen molar-refractivity contribution < 1.29 is 37.9 Å². The molecule has 0 aromatic carbocycles. The lowest BCUT2D eigenvalue weighted by Crippen LogP contribution is -2.29. The minimum atomic E-state index is -4.76. The fourth-order valence-corrected chi connectivity index (χ4v) is 6.10. The van der Waals surface area contributed by atoms with Gasteiger partial charge in [0.15, 0.2) is 6.10 Å². The molecule has 8 nitrogen and oxygen atoms in total. The molecule has 0 heterocycles. The zero-order valence-electron chi connectivity index (χ0n) is 33.2. The van der Waals surface area contributed by atoms with Gasteiger partial charge in [0, 0.05) is 12.8 Å². The first-order valence-electron chi connectivity index (χ1n) is 20.9. The second-order valence-electron chi connectivity index (χ2n) is 13.9. The number of esters is 2. The SMILES string of the molecule is CC/C=C/C/C=C/C/C=C/CCCCCCCC(=O)OC[C@H](COP(=O)(O)O)OC(=O)CCCCCCCCCCC/C=C/CCCCCCCC. The highest BCUT2D eigenvalue weighted by Gasteiger charge is 2.22. The van der Waals surface area contributed by atoms with Crippen LogP contribution in [0.5, 0.6) is 0 Å². The number of carbonyl (C=O) groups is 2. The van der Waals surface area contributed by atoms with Crippen molar-refractivity contribution in [3.8, 4) is 0 Å². The molecule has 0 saturated heterocycles. The first-order chi connectivity index (χ1) is 25.3. The third-order valence-electron chi connectivity index (χ3n) is 8.83. The van der Waals surface area contributed by atoms with Gasteiger partial charge in [0.25, 0.3) is 0 Å². The zero-order valence-corrected chi connectivity index (χ0v) is 34.1. The number of allylic oxidation sites excluding steroid dienone is 8. The van der Waals surface area contributed by atoms with E-state index in [1.165, 1.54) is 83.5 Å². The van der Waals surface area contributed by atoms with Crippen LogP contribution in [0.3, 0.4) is 0 Å². The monoisotopic (exact) mass is 753 g/mol. The van der Waals surface area contributed by atoms with E-state index >= 15 is 0 Å². The molecule has 0 unspecified atom stereocenters. The van der Waals surface area contributed by atoms with Crippen LogP contribution < -0.4 is 0 Å². The summed E-state index contributed by atoms with van der Waals surface area (Å²) in [5.41, 5.74) is 0. The maximum absolute atomic E-state index is 12.4. The predicted molar refractivity (Wildman–Crippen MR) is 216 cm³/mol. The topological polar surface area (TPSA) is 119 Å². The van der Waals surface area contributed by atoms with E-state index in [1.807, 2.05) is 0 Å². The normalized spacial score (nSPS) is 12.9. The first kappa shape index (κ1) is 50.0. The highest BCUT2D eigenvalue weighted by molar-refractivity contribution is 7.46. The number of hydrogen-bond donors (Lipinski definition) is 2. The summed E-state index contributed by atoms with van der Waals surface area (Å²) in [5, 5.41) is 0. The summed E-state index contributed by atoms with van der Waals surface area (Å²) in [4.78, 5) is 42.8. The van der Waals surface area contributed by atoms with Gasteiger partial charge in [0.1, 0.15) is 6.61 Å². The van der Waals surface area contributed by atoms with Crippen LogP contribution in [-0.4, -0.2) is 41.0 Å². The van der Waals surface area contributed by atoms with Gasteiger partial charge in [-0.25, -0.2) is 4.57 Å². The highest BCUT2D eigenvalue weighted by Crippen LogP contribution is 2.36. The van der Waals surface area contributed by atoms with Crippen molar-refractivity contribution in [3.63, 3.8) is 0 Å². The molecule has 0 spiro atoms. The van der Waals surface area contributed by atoms with Crippen molar-refractivity contribution in [2.45, 2.75) is 200 Å². The van der Waals surface area contributed by atoms with Crippen molar-refractivity contribution in [2.75, 3.05) is 13.2 Å². The standard InChI is InChI=1S/C43H77O8P/c1-3-5-7-9-11-13-15-17-19-20-21-22-24-26-28-30-32-34-36-38-43(45)51-41(40-50-52(46,47)48)39-49-42(44)37-35-33-31-29-27-25-23-18-16-14-12-10-8-6-4-2/h6,8,12,14,17-19,23,41H,3-5,7,9-11,13,15-16,20-22,24-40H2,1-2H3,(H2,46,47,48)/b8-6+,14-12+,19-17+,23-18+/t41-/m1/s1. The van der Waals surface area contributed by atoms with E-state index in [-0.39, 0.29) is 19.4 Å². The van der Waals surface area contributed by atoms with Crippen LogP contribution in [0.4, 0.5) is 0 Å². The molecular weight excluding hydrogens is 675 g/mol. The molecule has 0 amide bonds. The summed E-state index contributed by atoms with van der Waals surface area (Å²) in [6.07, 6.45) is 46.9. The van der Waals surface area contributed by atoms with Crippen molar-refractivity contribution in [1.29, 1.82) is 0 Å². The van der Waals surface area contributed by atoms with Crippen LogP contribution in [0.25, 0.3) is 0 Å². The number of phosphoric ester groups is 1. The van der Waals surface area contributed by atoms with E-state index in [2.05, 4.69) is 67.0 Å². The minimum Gasteiger partial charge on any atom is -0.462 e. The molecule has 0 rings (SSSR count). The van der Waals surface area contributed by atoms with E-state index in [0.29, 0.717) is 12.8 Å². The second kappa shape index (κ2) is 38.7. The lowest BCUT2D eigenvalue weighted by molar-refractivity contribution is -0.161.